The fourth-order valence-corrected chi connectivity index (χ4v) is 4.50. The van der Waals surface area contributed by atoms with Gasteiger partial charge in [-0.3, -0.25) is 0 Å². The topological polar surface area (TPSA) is 85.6 Å². The number of likely N-dealkylation sites (N-methyl/N-ethyl adjacent to an activating group) is 1. The first-order valence-corrected chi connectivity index (χ1v) is 11.6. The summed E-state index contributed by atoms with van der Waals surface area (Å²) in [5.74, 6) is 2.06. The first-order valence-electron chi connectivity index (χ1n) is 11.2. The number of methoxy groups -OCH3 is 1. The molecular weight excluding hydrogens is 456 g/mol. The minimum absolute atomic E-state index is 0.112. The molecule has 0 N–H and O–H groups in total. The highest BCUT2D eigenvalue weighted by Gasteiger charge is 2.32. The summed E-state index contributed by atoms with van der Waals surface area (Å²) >= 11 is 6.22. The highest BCUT2D eigenvalue weighted by molar-refractivity contribution is 6.31. The largest absolute Gasteiger partial charge is 0.496 e. The lowest BCUT2D eigenvalue weighted by molar-refractivity contribution is 0.0292. The number of rotatable bonds is 4. The van der Waals surface area contributed by atoms with E-state index >= 15 is 0 Å². The van der Waals surface area contributed by atoms with Gasteiger partial charge in [-0.1, -0.05) is 11.6 Å². The first kappa shape index (κ1) is 24.1. The predicted octanol–water partition coefficient (Wildman–Crippen LogP) is 4.45. The van der Waals surface area contributed by atoms with Crippen molar-refractivity contribution in [1.82, 2.24) is 24.4 Å². The third-order valence-corrected chi connectivity index (χ3v) is 6.22. The van der Waals surface area contributed by atoms with Gasteiger partial charge < -0.3 is 23.8 Å². The molecule has 34 heavy (non-hydrogen) atoms. The van der Waals surface area contributed by atoms with E-state index in [1.807, 2.05) is 52.4 Å². The number of benzene rings is 1. The Morgan fingerprint density at radius 2 is 2.00 bits per heavy atom. The van der Waals surface area contributed by atoms with Crippen LogP contribution in [0.15, 0.2) is 18.3 Å². The maximum absolute atomic E-state index is 12.4. The van der Waals surface area contributed by atoms with Gasteiger partial charge in [0, 0.05) is 38.2 Å². The van der Waals surface area contributed by atoms with Crippen molar-refractivity contribution in [3.05, 3.63) is 28.9 Å². The number of halogens is 1. The number of ether oxygens (including phenoxy) is 2. The van der Waals surface area contributed by atoms with Crippen molar-refractivity contribution >= 4 is 34.8 Å². The quantitative estimate of drug-likeness (QED) is 0.538. The summed E-state index contributed by atoms with van der Waals surface area (Å²) in [7, 11) is 5.49. The zero-order valence-electron chi connectivity index (χ0n) is 20.7. The van der Waals surface area contributed by atoms with Gasteiger partial charge in [0.2, 0.25) is 0 Å². The second-order valence-corrected chi connectivity index (χ2v) is 10.1. The molecule has 2 aromatic heterocycles. The summed E-state index contributed by atoms with van der Waals surface area (Å²) < 4.78 is 13.0. The standard InChI is InChI=1S/C24H31ClN6O3/c1-14-10-15(25)11-17(33-7)19(14)21-28-20-22(30(21)6)26-12-18(27-20)29(5)16-8-9-31(13-16)23(32)34-24(2,3)4/h10-12,16H,8-9,13H2,1-7H3/t16-/m1/s1. The lowest BCUT2D eigenvalue weighted by Crippen LogP contribution is -2.39. The van der Waals surface area contributed by atoms with Crippen LogP contribution in [0.1, 0.15) is 32.8 Å². The average molecular weight is 487 g/mol. The molecule has 3 heterocycles. The molecule has 4 rings (SSSR count). The average Bonchev–Trinajstić information content (AvgIpc) is 3.37. The van der Waals surface area contributed by atoms with Crippen molar-refractivity contribution in [3.8, 4) is 17.1 Å². The molecule has 0 spiro atoms. The van der Waals surface area contributed by atoms with E-state index in [4.69, 9.17) is 31.0 Å². The Morgan fingerprint density at radius 3 is 2.68 bits per heavy atom. The number of likely N-dealkylation sites (tertiary alicyclic amines) is 1. The highest BCUT2D eigenvalue weighted by Crippen LogP contribution is 2.36. The molecule has 1 atom stereocenters. The Kier molecular flexibility index (Phi) is 6.33. The van der Waals surface area contributed by atoms with Gasteiger partial charge in [-0.15, -0.1) is 0 Å². The molecule has 1 saturated heterocycles. The smallest absolute Gasteiger partial charge is 0.410 e. The monoisotopic (exact) mass is 486 g/mol. The molecular formula is C24H31ClN6O3. The van der Waals surface area contributed by atoms with Crippen molar-refractivity contribution in [2.24, 2.45) is 7.05 Å². The maximum Gasteiger partial charge on any atom is 0.410 e. The molecule has 1 aromatic carbocycles. The molecule has 0 unspecified atom stereocenters. The molecule has 0 radical (unpaired) electrons. The van der Waals surface area contributed by atoms with Crippen LogP contribution in [0, 0.1) is 6.92 Å². The second kappa shape index (κ2) is 8.94. The van der Waals surface area contributed by atoms with Crippen molar-refractivity contribution in [2.45, 2.75) is 45.8 Å². The molecule has 1 aliphatic rings. The molecule has 0 aliphatic carbocycles. The lowest BCUT2D eigenvalue weighted by atomic mass is 10.1. The molecule has 0 saturated carbocycles. The van der Waals surface area contributed by atoms with E-state index in [1.54, 1.807) is 24.3 Å². The Balaban J connectivity index is 1.60. The van der Waals surface area contributed by atoms with E-state index < -0.39 is 5.60 Å². The van der Waals surface area contributed by atoms with Gasteiger partial charge in [0.25, 0.3) is 0 Å². The number of hydrogen-bond acceptors (Lipinski definition) is 7. The van der Waals surface area contributed by atoms with Gasteiger partial charge >= 0.3 is 6.09 Å². The minimum Gasteiger partial charge on any atom is -0.496 e. The van der Waals surface area contributed by atoms with Crippen molar-refractivity contribution in [3.63, 3.8) is 0 Å². The fourth-order valence-electron chi connectivity index (χ4n) is 4.24. The number of imidazole rings is 1. The van der Waals surface area contributed by atoms with Gasteiger partial charge in [0.1, 0.15) is 23.0 Å². The van der Waals surface area contributed by atoms with Crippen LogP contribution in [0.3, 0.4) is 0 Å². The van der Waals surface area contributed by atoms with Crippen molar-refractivity contribution in [2.75, 3.05) is 32.1 Å². The number of anilines is 1. The summed E-state index contributed by atoms with van der Waals surface area (Å²) in [6.45, 7) is 8.80. The summed E-state index contributed by atoms with van der Waals surface area (Å²) in [5, 5.41) is 0.606. The normalized spacial score (nSPS) is 16.2. The number of nitrogens with zero attached hydrogens (tertiary/aromatic N) is 6. The zero-order valence-corrected chi connectivity index (χ0v) is 21.5. The number of fused-ring (bicyclic) bond motifs is 1. The first-order chi connectivity index (χ1) is 16.0. The molecule has 1 amide bonds. The second-order valence-electron chi connectivity index (χ2n) is 9.65. The third-order valence-electron chi connectivity index (χ3n) is 6.00. The fraction of sp³-hybridized carbons (Fsp3) is 0.500. The van der Waals surface area contributed by atoms with Crippen LogP contribution >= 0.6 is 11.6 Å². The molecule has 1 aliphatic heterocycles. The van der Waals surface area contributed by atoms with Crippen LogP contribution in [-0.4, -0.2) is 69.4 Å². The Morgan fingerprint density at radius 1 is 1.26 bits per heavy atom. The van der Waals surface area contributed by atoms with Gasteiger partial charge in [-0.25, -0.2) is 19.7 Å². The molecule has 182 valence electrons. The molecule has 0 bridgehead atoms. The van der Waals surface area contributed by atoms with Gasteiger partial charge in [0.05, 0.1) is 18.9 Å². The number of carbonyl (C=O) groups excluding carboxylic acids is 1. The van der Waals surface area contributed by atoms with E-state index in [2.05, 4.69) is 9.88 Å². The Labute approximate surface area is 204 Å². The number of amides is 1. The summed E-state index contributed by atoms with van der Waals surface area (Å²) in [4.78, 5) is 30.5. The Bertz CT molecular complexity index is 1240. The van der Waals surface area contributed by atoms with Gasteiger partial charge in [-0.2, -0.15) is 0 Å². The van der Waals surface area contributed by atoms with E-state index in [-0.39, 0.29) is 12.1 Å². The Hall–Kier alpha value is -3.07. The van der Waals surface area contributed by atoms with E-state index in [0.29, 0.717) is 46.8 Å². The van der Waals surface area contributed by atoms with Crippen molar-refractivity contribution in [1.29, 1.82) is 0 Å². The van der Waals surface area contributed by atoms with Crippen LogP contribution in [0.2, 0.25) is 5.02 Å². The highest BCUT2D eigenvalue weighted by atomic mass is 35.5. The SMILES string of the molecule is COc1cc(Cl)cc(C)c1-c1nc2nc(N(C)[C@@H]3CCN(C(=O)OC(C)(C)C)C3)cnc2n1C. The maximum atomic E-state index is 12.4. The van der Waals surface area contributed by atoms with Gasteiger partial charge in [-0.05, 0) is 51.8 Å². The zero-order chi connectivity index (χ0) is 24.8. The molecule has 10 heteroatoms. The lowest BCUT2D eigenvalue weighted by Gasteiger charge is -2.27. The van der Waals surface area contributed by atoms with Crippen LogP contribution < -0.4 is 9.64 Å². The van der Waals surface area contributed by atoms with Crippen LogP contribution in [0.5, 0.6) is 5.75 Å². The predicted molar refractivity (Wildman–Crippen MR) is 133 cm³/mol. The summed E-state index contributed by atoms with van der Waals surface area (Å²) in [5.41, 5.74) is 2.51. The van der Waals surface area contributed by atoms with Crippen LogP contribution in [0.4, 0.5) is 10.6 Å². The molecule has 9 nitrogen and oxygen atoms in total. The minimum atomic E-state index is -0.514. The number of carbonyl (C=O) groups is 1. The summed E-state index contributed by atoms with van der Waals surface area (Å²) in [6, 6.07) is 3.77. The number of aromatic nitrogens is 4. The van der Waals surface area contributed by atoms with E-state index in [9.17, 15) is 4.79 Å². The summed E-state index contributed by atoms with van der Waals surface area (Å²) in [6.07, 6.45) is 2.28. The van der Waals surface area contributed by atoms with Crippen LogP contribution in [-0.2, 0) is 11.8 Å². The number of aryl methyl sites for hydroxylation is 2. The van der Waals surface area contributed by atoms with Crippen LogP contribution in [0.25, 0.3) is 22.7 Å². The number of hydrogen-bond donors (Lipinski definition) is 0. The van der Waals surface area contributed by atoms with E-state index in [0.717, 1.165) is 17.5 Å². The molecule has 3 aromatic rings. The van der Waals surface area contributed by atoms with Gasteiger partial charge in [0.15, 0.2) is 11.3 Å². The third kappa shape index (κ3) is 4.61. The molecule has 1 fully saturated rings. The van der Waals surface area contributed by atoms with Crippen molar-refractivity contribution < 1.29 is 14.3 Å². The van der Waals surface area contributed by atoms with E-state index in [1.165, 1.54) is 0 Å².